The molecule has 1 heterocycles. The Labute approximate surface area is 154 Å². The van der Waals surface area contributed by atoms with Gasteiger partial charge in [-0.3, -0.25) is 4.99 Å². The maximum atomic E-state index is 5.45. The molecule has 1 aromatic carbocycles. The first-order valence-electron chi connectivity index (χ1n) is 8.67. The summed E-state index contributed by atoms with van der Waals surface area (Å²) in [5, 5.41) is 10.3. The van der Waals surface area contributed by atoms with Gasteiger partial charge in [-0.05, 0) is 38.0 Å². The fourth-order valence-electron chi connectivity index (χ4n) is 2.33. The number of ether oxygens (including phenoxy) is 2. The lowest BCUT2D eigenvalue weighted by molar-refractivity contribution is 0.0683. The number of rotatable bonds is 9. The summed E-state index contributed by atoms with van der Waals surface area (Å²) in [5.74, 6) is 2.57. The molecule has 1 aromatic heterocycles. The van der Waals surface area contributed by atoms with Crippen LogP contribution in [0.3, 0.4) is 0 Å². The van der Waals surface area contributed by atoms with E-state index in [1.165, 1.54) is 5.56 Å². The lowest BCUT2D eigenvalue weighted by Crippen LogP contribution is -2.37. The molecule has 8 heteroatoms. The van der Waals surface area contributed by atoms with Crippen molar-refractivity contribution in [2.45, 2.75) is 32.9 Å². The smallest absolute Gasteiger partial charge is 0.246 e. The van der Waals surface area contributed by atoms with E-state index in [0.717, 1.165) is 18.7 Å². The summed E-state index contributed by atoms with van der Waals surface area (Å²) in [6, 6.07) is 8.02. The molecular weight excluding hydrogens is 334 g/mol. The first-order chi connectivity index (χ1) is 12.7. The molecule has 0 amide bonds. The Hall–Kier alpha value is -2.61. The van der Waals surface area contributed by atoms with E-state index >= 15 is 0 Å². The van der Waals surface area contributed by atoms with Crippen LogP contribution in [-0.4, -0.2) is 43.4 Å². The summed E-state index contributed by atoms with van der Waals surface area (Å²) >= 11 is 0. The second-order valence-corrected chi connectivity index (χ2v) is 5.59. The van der Waals surface area contributed by atoms with Crippen LogP contribution in [-0.2, 0) is 17.7 Å². The van der Waals surface area contributed by atoms with Crippen molar-refractivity contribution >= 4 is 5.96 Å². The predicted molar refractivity (Wildman–Crippen MR) is 99.2 cm³/mol. The van der Waals surface area contributed by atoms with Crippen molar-refractivity contribution in [3.05, 3.63) is 41.5 Å². The highest BCUT2D eigenvalue weighted by atomic mass is 16.5. The molecule has 0 aliphatic heterocycles. The van der Waals surface area contributed by atoms with Crippen molar-refractivity contribution in [3.63, 3.8) is 0 Å². The maximum Gasteiger partial charge on any atom is 0.246 e. The quantitative estimate of drug-likeness (QED) is 0.522. The first kappa shape index (κ1) is 19.7. The van der Waals surface area contributed by atoms with Gasteiger partial charge in [-0.2, -0.15) is 4.98 Å². The normalized spacial score (nSPS) is 12.7. The molecule has 2 rings (SSSR count). The van der Waals surface area contributed by atoms with Gasteiger partial charge in [0.2, 0.25) is 5.89 Å². The zero-order chi connectivity index (χ0) is 18.8. The Morgan fingerprint density at radius 3 is 2.69 bits per heavy atom. The minimum atomic E-state index is -0.181. The SMILES string of the molecule is CCOC(C)c1noc(CNC(=NC)NCCc2ccc(OC)cc2)n1. The first-order valence-corrected chi connectivity index (χ1v) is 8.67. The number of nitrogens with zero attached hydrogens (tertiary/aromatic N) is 3. The topological polar surface area (TPSA) is 93.8 Å². The Balaban J connectivity index is 1.75. The second-order valence-electron chi connectivity index (χ2n) is 5.59. The van der Waals surface area contributed by atoms with Crippen LogP contribution in [0.15, 0.2) is 33.8 Å². The summed E-state index contributed by atoms with van der Waals surface area (Å²) < 4.78 is 15.8. The van der Waals surface area contributed by atoms with E-state index in [-0.39, 0.29) is 6.10 Å². The Morgan fingerprint density at radius 1 is 1.27 bits per heavy atom. The van der Waals surface area contributed by atoms with Gasteiger partial charge in [0.05, 0.1) is 13.7 Å². The minimum absolute atomic E-state index is 0.181. The van der Waals surface area contributed by atoms with E-state index in [0.29, 0.717) is 30.8 Å². The van der Waals surface area contributed by atoms with Crippen molar-refractivity contribution in [2.24, 2.45) is 4.99 Å². The average Bonchev–Trinajstić information content (AvgIpc) is 3.14. The van der Waals surface area contributed by atoms with Gasteiger partial charge in [-0.15, -0.1) is 0 Å². The van der Waals surface area contributed by atoms with Crippen LogP contribution in [0.2, 0.25) is 0 Å². The van der Waals surface area contributed by atoms with Crippen LogP contribution < -0.4 is 15.4 Å². The molecule has 0 radical (unpaired) electrons. The molecule has 8 nitrogen and oxygen atoms in total. The van der Waals surface area contributed by atoms with Crippen LogP contribution in [0.4, 0.5) is 0 Å². The molecule has 0 fully saturated rings. The van der Waals surface area contributed by atoms with Crippen LogP contribution >= 0.6 is 0 Å². The predicted octanol–water partition coefficient (Wildman–Crippen LogP) is 2.08. The number of benzene rings is 1. The molecule has 1 unspecified atom stereocenters. The van der Waals surface area contributed by atoms with Crippen molar-refractivity contribution in [2.75, 3.05) is 27.3 Å². The Bertz CT molecular complexity index is 684. The fraction of sp³-hybridized carbons (Fsp3) is 0.500. The molecule has 1 atom stereocenters. The fourth-order valence-corrected chi connectivity index (χ4v) is 2.33. The van der Waals surface area contributed by atoms with Crippen molar-refractivity contribution < 1.29 is 14.0 Å². The highest BCUT2D eigenvalue weighted by Gasteiger charge is 2.13. The van der Waals surface area contributed by atoms with Crippen LogP contribution in [0.5, 0.6) is 5.75 Å². The third-order valence-corrected chi connectivity index (χ3v) is 3.76. The third kappa shape index (κ3) is 6.03. The molecule has 0 spiro atoms. The number of aliphatic imine (C=N–C) groups is 1. The summed E-state index contributed by atoms with van der Waals surface area (Å²) in [7, 11) is 3.38. The monoisotopic (exact) mass is 361 g/mol. The van der Waals surface area contributed by atoms with Gasteiger partial charge in [0, 0.05) is 20.2 Å². The van der Waals surface area contributed by atoms with Gasteiger partial charge in [0.1, 0.15) is 11.9 Å². The summed E-state index contributed by atoms with van der Waals surface area (Å²) in [6.07, 6.45) is 0.695. The third-order valence-electron chi connectivity index (χ3n) is 3.76. The van der Waals surface area contributed by atoms with Crippen molar-refractivity contribution in [1.82, 2.24) is 20.8 Å². The Kier molecular flexibility index (Phi) is 7.88. The average molecular weight is 361 g/mol. The molecule has 26 heavy (non-hydrogen) atoms. The van der Waals surface area contributed by atoms with Gasteiger partial charge >= 0.3 is 0 Å². The zero-order valence-corrected chi connectivity index (χ0v) is 15.8. The number of nitrogens with one attached hydrogen (secondary N) is 2. The van der Waals surface area contributed by atoms with Crippen molar-refractivity contribution in [1.29, 1.82) is 0 Å². The largest absolute Gasteiger partial charge is 0.497 e. The molecule has 142 valence electrons. The van der Waals surface area contributed by atoms with Crippen LogP contribution in [0.1, 0.15) is 37.2 Å². The van der Waals surface area contributed by atoms with Crippen molar-refractivity contribution in [3.8, 4) is 5.75 Å². The molecule has 0 aliphatic rings. The van der Waals surface area contributed by atoms with Crippen LogP contribution in [0, 0.1) is 0 Å². The standard InChI is InChI=1S/C18H27N5O3/c1-5-25-13(2)17-22-16(26-23-17)12-21-18(19-3)20-11-10-14-6-8-15(24-4)9-7-14/h6-9,13H,5,10-12H2,1-4H3,(H2,19,20,21). The highest BCUT2D eigenvalue weighted by molar-refractivity contribution is 5.79. The van der Waals surface area contributed by atoms with Gasteiger partial charge in [-0.1, -0.05) is 17.3 Å². The van der Waals surface area contributed by atoms with E-state index in [1.807, 2.05) is 26.0 Å². The van der Waals surface area contributed by atoms with Gasteiger partial charge in [0.15, 0.2) is 11.8 Å². The van der Waals surface area contributed by atoms with E-state index in [4.69, 9.17) is 14.0 Å². The maximum absolute atomic E-state index is 5.45. The summed E-state index contributed by atoms with van der Waals surface area (Å²) in [4.78, 5) is 8.51. The number of guanidine groups is 1. The zero-order valence-electron chi connectivity index (χ0n) is 15.8. The summed E-state index contributed by atoms with van der Waals surface area (Å²) in [5.41, 5.74) is 1.22. The number of hydrogen-bond donors (Lipinski definition) is 2. The number of hydrogen-bond acceptors (Lipinski definition) is 6. The highest BCUT2D eigenvalue weighted by Crippen LogP contribution is 2.12. The van der Waals surface area contributed by atoms with E-state index in [1.54, 1.807) is 14.2 Å². The van der Waals surface area contributed by atoms with Crippen LogP contribution in [0.25, 0.3) is 0 Å². The molecular formula is C18H27N5O3. The Morgan fingerprint density at radius 2 is 2.04 bits per heavy atom. The van der Waals surface area contributed by atoms with E-state index in [9.17, 15) is 0 Å². The minimum Gasteiger partial charge on any atom is -0.497 e. The molecule has 2 N–H and O–H groups in total. The molecule has 0 aliphatic carbocycles. The van der Waals surface area contributed by atoms with Gasteiger partial charge < -0.3 is 24.6 Å². The molecule has 2 aromatic rings. The molecule has 0 saturated heterocycles. The van der Waals surface area contributed by atoms with E-state index in [2.05, 4.69) is 37.9 Å². The van der Waals surface area contributed by atoms with Gasteiger partial charge in [-0.25, -0.2) is 0 Å². The lowest BCUT2D eigenvalue weighted by Gasteiger charge is -2.10. The summed E-state index contributed by atoms with van der Waals surface area (Å²) in [6.45, 7) is 5.58. The molecule has 0 saturated carbocycles. The lowest BCUT2D eigenvalue weighted by atomic mass is 10.1. The van der Waals surface area contributed by atoms with E-state index < -0.39 is 0 Å². The molecule has 0 bridgehead atoms. The number of methoxy groups -OCH3 is 1. The number of aromatic nitrogens is 2. The van der Waals surface area contributed by atoms with Gasteiger partial charge in [0.25, 0.3) is 0 Å². The second kappa shape index (κ2) is 10.4.